The summed E-state index contributed by atoms with van der Waals surface area (Å²) in [6.07, 6.45) is 1.59. The topological polar surface area (TPSA) is 91.0 Å². The maximum absolute atomic E-state index is 5.70. The summed E-state index contributed by atoms with van der Waals surface area (Å²) in [5, 5.41) is 13.6. The van der Waals surface area contributed by atoms with E-state index in [1.165, 1.54) is 11.8 Å². The largest absolute Gasteiger partial charge is 0.461 e. The molecule has 0 atom stereocenters. The Morgan fingerprint density at radius 1 is 1.21 bits per heavy atom. The molecule has 0 amide bonds. The van der Waals surface area contributed by atoms with Crippen LogP contribution in [0, 0.1) is 13.8 Å². The lowest BCUT2D eigenvalue weighted by Crippen LogP contribution is -1.79. The summed E-state index contributed by atoms with van der Waals surface area (Å²) in [4.78, 5) is 5.28. The highest BCUT2D eigenvalue weighted by Crippen LogP contribution is 2.31. The van der Waals surface area contributed by atoms with Gasteiger partial charge in [0.25, 0.3) is 11.1 Å². The second kappa shape index (κ2) is 6.25. The molecular weight excluding hydrogens is 348 g/mol. The van der Waals surface area contributed by atoms with Crippen LogP contribution in [0.2, 0.25) is 0 Å². The molecule has 0 fully saturated rings. The Kier molecular flexibility index (Phi) is 3.95. The van der Waals surface area contributed by atoms with E-state index >= 15 is 0 Å². The molecule has 4 rings (SSSR count). The minimum atomic E-state index is 0.484. The summed E-state index contributed by atoms with van der Waals surface area (Å²) >= 11 is 2.95. The molecule has 4 aromatic heterocycles. The number of hydrogen-bond donors (Lipinski definition) is 0. The summed E-state index contributed by atoms with van der Waals surface area (Å²) in [6.45, 7) is 3.88. The van der Waals surface area contributed by atoms with Crippen molar-refractivity contribution in [1.82, 2.24) is 20.3 Å². The number of rotatable bonds is 5. The zero-order valence-electron chi connectivity index (χ0n) is 12.8. The monoisotopic (exact) mass is 360 g/mol. The molecule has 9 heteroatoms. The summed E-state index contributed by atoms with van der Waals surface area (Å²) in [5.41, 5.74) is 1.67. The minimum absolute atomic E-state index is 0.484. The molecule has 4 heterocycles. The van der Waals surface area contributed by atoms with Crippen molar-refractivity contribution in [3.05, 3.63) is 40.9 Å². The van der Waals surface area contributed by atoms with E-state index in [1.54, 1.807) is 23.7 Å². The van der Waals surface area contributed by atoms with Crippen LogP contribution in [-0.2, 0) is 5.75 Å². The lowest BCUT2D eigenvalue weighted by molar-refractivity contribution is 0.413. The fourth-order valence-electron chi connectivity index (χ4n) is 2.14. The lowest BCUT2D eigenvalue weighted by Gasteiger charge is -1.91. The van der Waals surface area contributed by atoms with Gasteiger partial charge < -0.3 is 13.4 Å². The van der Waals surface area contributed by atoms with E-state index in [4.69, 9.17) is 13.4 Å². The van der Waals surface area contributed by atoms with Crippen molar-refractivity contribution in [2.45, 2.75) is 24.8 Å². The predicted molar refractivity (Wildman–Crippen MR) is 88.6 cm³/mol. The fourth-order valence-corrected chi connectivity index (χ4v) is 3.62. The van der Waals surface area contributed by atoms with Gasteiger partial charge in [-0.15, -0.1) is 21.5 Å². The van der Waals surface area contributed by atoms with E-state index in [2.05, 4.69) is 20.3 Å². The standard InChI is InChI=1S/C15H12N4O3S2/c1-8-13(24-9(2)16-8)14-17-18-15(21-14)23-7-10-6-12(22-19-10)11-4-3-5-20-11/h3-6H,7H2,1-2H3. The zero-order chi connectivity index (χ0) is 16.5. The molecule has 0 saturated heterocycles. The SMILES string of the molecule is Cc1nc(C)c(-c2nnc(SCc3cc(-c4ccco4)on3)o2)s1. The smallest absolute Gasteiger partial charge is 0.277 e. The van der Waals surface area contributed by atoms with Crippen LogP contribution in [0.5, 0.6) is 0 Å². The van der Waals surface area contributed by atoms with Crippen molar-refractivity contribution in [2.24, 2.45) is 0 Å². The van der Waals surface area contributed by atoms with Crippen molar-refractivity contribution in [3.63, 3.8) is 0 Å². The van der Waals surface area contributed by atoms with Crippen LogP contribution in [0.1, 0.15) is 16.4 Å². The van der Waals surface area contributed by atoms with Gasteiger partial charge in [0, 0.05) is 11.8 Å². The third-order valence-electron chi connectivity index (χ3n) is 3.17. The summed E-state index contributed by atoms with van der Waals surface area (Å²) in [5.74, 6) is 2.30. The van der Waals surface area contributed by atoms with Gasteiger partial charge in [-0.3, -0.25) is 0 Å². The van der Waals surface area contributed by atoms with Crippen LogP contribution in [-0.4, -0.2) is 20.3 Å². The summed E-state index contributed by atoms with van der Waals surface area (Å²) < 4.78 is 16.2. The Bertz CT molecular complexity index is 955. The second-order valence-corrected chi connectivity index (χ2v) is 7.10. The van der Waals surface area contributed by atoms with Gasteiger partial charge in [-0.25, -0.2) is 4.98 Å². The van der Waals surface area contributed by atoms with E-state index < -0.39 is 0 Å². The van der Waals surface area contributed by atoms with Crippen molar-refractivity contribution < 1.29 is 13.4 Å². The molecule has 0 aliphatic carbocycles. The molecule has 4 aromatic rings. The molecule has 0 bridgehead atoms. The molecule has 122 valence electrons. The number of thioether (sulfide) groups is 1. The Hall–Kier alpha value is -2.39. The van der Waals surface area contributed by atoms with E-state index in [1.807, 2.05) is 26.0 Å². The number of aryl methyl sites for hydroxylation is 2. The van der Waals surface area contributed by atoms with Crippen molar-refractivity contribution in [1.29, 1.82) is 0 Å². The highest BCUT2D eigenvalue weighted by atomic mass is 32.2. The van der Waals surface area contributed by atoms with E-state index in [0.29, 0.717) is 28.4 Å². The highest BCUT2D eigenvalue weighted by molar-refractivity contribution is 7.98. The van der Waals surface area contributed by atoms with Crippen LogP contribution in [0.25, 0.3) is 22.3 Å². The van der Waals surface area contributed by atoms with Gasteiger partial charge in [0.1, 0.15) is 4.88 Å². The molecule has 0 spiro atoms. The number of thiazole rings is 1. The van der Waals surface area contributed by atoms with Gasteiger partial charge >= 0.3 is 0 Å². The molecule has 7 nitrogen and oxygen atoms in total. The van der Waals surface area contributed by atoms with Gasteiger partial charge in [-0.05, 0) is 26.0 Å². The van der Waals surface area contributed by atoms with Crippen molar-refractivity contribution >= 4 is 23.1 Å². The molecule has 24 heavy (non-hydrogen) atoms. The number of aromatic nitrogens is 4. The van der Waals surface area contributed by atoms with Crippen LogP contribution in [0.4, 0.5) is 0 Å². The minimum Gasteiger partial charge on any atom is -0.461 e. The zero-order valence-corrected chi connectivity index (χ0v) is 14.5. The maximum Gasteiger partial charge on any atom is 0.277 e. The van der Waals surface area contributed by atoms with Crippen LogP contribution in [0.3, 0.4) is 0 Å². The Morgan fingerprint density at radius 3 is 2.88 bits per heavy atom. The van der Waals surface area contributed by atoms with Crippen molar-refractivity contribution in [2.75, 3.05) is 0 Å². The molecule has 0 radical (unpaired) electrons. The van der Waals surface area contributed by atoms with E-state index in [0.717, 1.165) is 21.3 Å². The van der Waals surface area contributed by atoms with Gasteiger partial charge in [-0.1, -0.05) is 16.9 Å². The molecule has 0 unspecified atom stereocenters. The Labute approximate surface area is 145 Å². The molecule has 0 N–H and O–H groups in total. The Morgan fingerprint density at radius 2 is 2.12 bits per heavy atom. The normalized spacial score (nSPS) is 11.2. The Balaban J connectivity index is 1.44. The van der Waals surface area contributed by atoms with Crippen LogP contribution < -0.4 is 0 Å². The van der Waals surface area contributed by atoms with Gasteiger partial charge in [0.05, 0.1) is 22.7 Å². The molecular formula is C15H12N4O3S2. The third-order valence-corrected chi connectivity index (χ3v) is 5.08. The fraction of sp³-hybridized carbons (Fsp3) is 0.200. The lowest BCUT2D eigenvalue weighted by atomic mass is 10.3. The van der Waals surface area contributed by atoms with E-state index in [9.17, 15) is 0 Å². The number of nitrogens with zero attached hydrogens (tertiary/aromatic N) is 4. The molecule has 0 aromatic carbocycles. The summed E-state index contributed by atoms with van der Waals surface area (Å²) in [6, 6.07) is 5.45. The average Bonchev–Trinajstić information content (AvgIpc) is 3.33. The quantitative estimate of drug-likeness (QED) is 0.485. The third kappa shape index (κ3) is 3.00. The van der Waals surface area contributed by atoms with Gasteiger partial charge in [0.15, 0.2) is 5.76 Å². The first-order valence-electron chi connectivity index (χ1n) is 7.09. The number of hydrogen-bond acceptors (Lipinski definition) is 9. The highest BCUT2D eigenvalue weighted by Gasteiger charge is 2.16. The van der Waals surface area contributed by atoms with E-state index in [-0.39, 0.29) is 0 Å². The van der Waals surface area contributed by atoms with Gasteiger partial charge in [0.2, 0.25) is 5.76 Å². The predicted octanol–water partition coefficient (Wildman–Crippen LogP) is 4.35. The maximum atomic E-state index is 5.70. The first kappa shape index (κ1) is 15.2. The summed E-state index contributed by atoms with van der Waals surface area (Å²) in [7, 11) is 0. The van der Waals surface area contributed by atoms with Gasteiger partial charge in [-0.2, -0.15) is 0 Å². The first-order valence-corrected chi connectivity index (χ1v) is 8.89. The molecule has 0 saturated carbocycles. The van der Waals surface area contributed by atoms with Crippen molar-refractivity contribution in [3.8, 4) is 22.3 Å². The van der Waals surface area contributed by atoms with Crippen LogP contribution in [0.15, 0.2) is 43.0 Å². The first-order chi connectivity index (χ1) is 11.7. The number of furan rings is 1. The van der Waals surface area contributed by atoms with Crippen LogP contribution >= 0.6 is 23.1 Å². The molecule has 0 aliphatic heterocycles. The molecule has 0 aliphatic rings. The second-order valence-electron chi connectivity index (χ2n) is 4.97. The average molecular weight is 360 g/mol.